The number of aromatic nitrogens is 1. The molecule has 7 rings (SSSR count). The number of nitrogens with one attached hydrogen (secondary N) is 1. The van der Waals surface area contributed by atoms with Gasteiger partial charge >= 0.3 is 6.18 Å². The molecule has 3 fully saturated rings. The van der Waals surface area contributed by atoms with E-state index in [2.05, 4.69) is 10.4 Å². The molecule has 260 valence electrons. The molecule has 2 aromatic carbocycles. The number of hydrogen-bond donors (Lipinski definition) is 2. The standard InChI is InChI=1S/C36H31Cl2F3N4O5/c1-3-13-44-31(47)22-12-11-21-24(27(22)33(44)49)15-25-32(48)45(43-30-26(38)14-19(16-42-30)36(39,40)41)34(50)35(25,18-7-9-20(37)10-8-18)28(21)23-6-4-5-17(2)29(23)46/h4-11,14,16,22,24-25,27-28,46H,3,12-13,15H2,1-2H3,(H,42,43)/t22-,24+,25-,27-,28+,35+/m0/s1. The van der Waals surface area contributed by atoms with E-state index < -0.39 is 63.6 Å². The summed E-state index contributed by atoms with van der Waals surface area (Å²) in [6, 6.07) is 12.2. The van der Waals surface area contributed by atoms with E-state index in [4.69, 9.17) is 23.2 Å². The molecule has 2 aliphatic heterocycles. The number of phenolic OH excluding ortho intramolecular Hbond substituents is 1. The molecule has 2 N–H and O–H groups in total. The Labute approximate surface area is 295 Å². The van der Waals surface area contributed by atoms with Gasteiger partial charge in [0.1, 0.15) is 5.75 Å². The van der Waals surface area contributed by atoms with E-state index in [1.165, 1.54) is 4.90 Å². The summed E-state index contributed by atoms with van der Waals surface area (Å²) in [5, 5.41) is 12.2. The highest BCUT2D eigenvalue weighted by Crippen LogP contribution is 2.65. The number of para-hydroxylation sites is 1. The molecular formula is C36H31Cl2F3N4O5. The maximum atomic E-state index is 15.2. The molecule has 2 saturated heterocycles. The van der Waals surface area contributed by atoms with Gasteiger partial charge in [-0.25, -0.2) is 4.98 Å². The van der Waals surface area contributed by atoms with Crippen molar-refractivity contribution in [2.75, 3.05) is 12.0 Å². The van der Waals surface area contributed by atoms with Crippen LogP contribution in [-0.2, 0) is 30.8 Å². The number of fused-ring (bicyclic) bond motifs is 4. The van der Waals surface area contributed by atoms with Gasteiger partial charge in [-0.05, 0) is 61.4 Å². The van der Waals surface area contributed by atoms with Crippen LogP contribution in [0.4, 0.5) is 19.0 Å². The number of anilines is 1. The van der Waals surface area contributed by atoms with Gasteiger partial charge in [-0.2, -0.15) is 18.2 Å². The number of likely N-dealkylation sites (tertiary alicyclic amines) is 1. The maximum Gasteiger partial charge on any atom is 0.417 e. The Kier molecular flexibility index (Phi) is 8.25. The average molecular weight is 728 g/mol. The highest BCUT2D eigenvalue weighted by molar-refractivity contribution is 6.33. The van der Waals surface area contributed by atoms with Gasteiger partial charge < -0.3 is 5.11 Å². The Hall–Kier alpha value is -4.42. The predicted molar refractivity (Wildman–Crippen MR) is 177 cm³/mol. The fourth-order valence-corrected chi connectivity index (χ4v) is 8.89. The molecule has 3 aromatic rings. The van der Waals surface area contributed by atoms with Crippen LogP contribution in [-0.4, -0.2) is 50.2 Å². The largest absolute Gasteiger partial charge is 0.507 e. The number of amides is 4. The van der Waals surface area contributed by atoms with E-state index in [0.717, 1.165) is 5.01 Å². The quantitative estimate of drug-likeness (QED) is 0.212. The average Bonchev–Trinajstić information content (AvgIpc) is 3.44. The number of benzene rings is 2. The molecule has 0 spiro atoms. The van der Waals surface area contributed by atoms with E-state index in [1.807, 2.05) is 13.0 Å². The molecule has 0 bridgehead atoms. The highest BCUT2D eigenvalue weighted by atomic mass is 35.5. The molecule has 50 heavy (non-hydrogen) atoms. The first-order valence-electron chi connectivity index (χ1n) is 16.2. The van der Waals surface area contributed by atoms with Crippen molar-refractivity contribution in [2.24, 2.45) is 23.7 Å². The Morgan fingerprint density at radius 2 is 1.74 bits per heavy atom. The molecule has 4 aliphatic rings. The smallest absolute Gasteiger partial charge is 0.417 e. The van der Waals surface area contributed by atoms with Crippen LogP contribution < -0.4 is 5.43 Å². The molecule has 6 atom stereocenters. The summed E-state index contributed by atoms with van der Waals surface area (Å²) in [7, 11) is 0. The van der Waals surface area contributed by atoms with Gasteiger partial charge in [0.2, 0.25) is 11.8 Å². The molecule has 0 unspecified atom stereocenters. The summed E-state index contributed by atoms with van der Waals surface area (Å²) in [4.78, 5) is 62.4. The van der Waals surface area contributed by atoms with Gasteiger partial charge in [0.05, 0.1) is 33.8 Å². The number of hydrazine groups is 1. The third kappa shape index (κ3) is 4.93. The maximum absolute atomic E-state index is 15.2. The molecule has 9 nitrogen and oxygen atoms in total. The number of hydrogen-bond acceptors (Lipinski definition) is 7. The predicted octanol–water partition coefficient (Wildman–Crippen LogP) is 6.82. The van der Waals surface area contributed by atoms with Crippen LogP contribution >= 0.6 is 23.2 Å². The topological polar surface area (TPSA) is 120 Å². The molecule has 0 radical (unpaired) electrons. The first kappa shape index (κ1) is 34.0. The molecule has 1 saturated carbocycles. The molecule has 2 aliphatic carbocycles. The lowest BCUT2D eigenvalue weighted by Gasteiger charge is -2.50. The van der Waals surface area contributed by atoms with Crippen LogP contribution in [0.1, 0.15) is 54.4 Å². The normalized spacial score (nSPS) is 27.7. The van der Waals surface area contributed by atoms with Crippen LogP contribution in [0.15, 0.2) is 66.4 Å². The van der Waals surface area contributed by atoms with Gasteiger partial charge in [0.15, 0.2) is 5.82 Å². The van der Waals surface area contributed by atoms with Crippen LogP contribution in [0.5, 0.6) is 5.75 Å². The van der Waals surface area contributed by atoms with Crippen molar-refractivity contribution in [1.82, 2.24) is 14.9 Å². The molecule has 1 aromatic heterocycles. The van der Waals surface area contributed by atoms with E-state index in [9.17, 15) is 32.7 Å². The fraction of sp³-hybridized carbons (Fsp3) is 0.361. The number of phenols is 1. The number of imide groups is 2. The van der Waals surface area contributed by atoms with E-state index in [-0.39, 0.29) is 42.8 Å². The number of nitrogens with zero attached hydrogens (tertiary/aromatic N) is 3. The Bertz CT molecular complexity index is 1990. The number of allylic oxidation sites excluding steroid dienone is 2. The number of rotatable bonds is 6. The number of carbonyl (C=O) groups excluding carboxylic acids is 4. The number of halogens is 5. The minimum atomic E-state index is -4.74. The van der Waals surface area contributed by atoms with Crippen LogP contribution in [0.3, 0.4) is 0 Å². The zero-order valence-electron chi connectivity index (χ0n) is 26.8. The van der Waals surface area contributed by atoms with Crippen LogP contribution in [0, 0.1) is 30.6 Å². The van der Waals surface area contributed by atoms with E-state index in [1.54, 1.807) is 49.4 Å². The minimum absolute atomic E-state index is 0.00534. The van der Waals surface area contributed by atoms with Crippen molar-refractivity contribution in [1.29, 1.82) is 0 Å². The van der Waals surface area contributed by atoms with Gasteiger partial charge in [0.25, 0.3) is 11.8 Å². The molecule has 4 amide bonds. The Balaban J connectivity index is 1.44. The lowest BCUT2D eigenvalue weighted by molar-refractivity contribution is -0.141. The summed E-state index contributed by atoms with van der Waals surface area (Å²) in [5.41, 5.74) is 1.64. The van der Waals surface area contributed by atoms with E-state index in [0.29, 0.717) is 46.0 Å². The lowest BCUT2D eigenvalue weighted by Crippen LogP contribution is -2.53. The van der Waals surface area contributed by atoms with Crippen molar-refractivity contribution in [3.8, 4) is 5.75 Å². The van der Waals surface area contributed by atoms with Crippen molar-refractivity contribution < 1.29 is 37.5 Å². The SMILES string of the molecule is CCCN1C(=O)[C@H]2[C@H](CC=C3[C@H]2C[C@H]2C(=O)N(Nc4ncc(C(F)(F)F)cc4Cl)C(=O)[C@@]2(c2ccc(Cl)cc2)[C@H]3c2cccc(C)c2O)C1=O. The van der Waals surface area contributed by atoms with Gasteiger partial charge in [0, 0.05) is 29.2 Å². The second-order valence-electron chi connectivity index (χ2n) is 13.3. The van der Waals surface area contributed by atoms with Crippen molar-refractivity contribution in [2.45, 2.75) is 50.6 Å². The summed E-state index contributed by atoms with van der Waals surface area (Å²) in [6.07, 6.45) is -1.54. The summed E-state index contributed by atoms with van der Waals surface area (Å²) in [5.74, 6) is -6.81. The number of aryl methyl sites for hydroxylation is 1. The molecule has 14 heteroatoms. The van der Waals surface area contributed by atoms with Gasteiger partial charge in [-0.15, -0.1) is 0 Å². The Morgan fingerprint density at radius 1 is 1.02 bits per heavy atom. The van der Waals surface area contributed by atoms with Crippen LogP contribution in [0.25, 0.3) is 0 Å². The van der Waals surface area contributed by atoms with Gasteiger partial charge in [-0.3, -0.25) is 29.5 Å². The van der Waals surface area contributed by atoms with Gasteiger partial charge in [-0.1, -0.05) is 72.1 Å². The first-order chi connectivity index (χ1) is 23.7. The second-order valence-corrected chi connectivity index (χ2v) is 14.1. The van der Waals surface area contributed by atoms with E-state index >= 15 is 4.79 Å². The summed E-state index contributed by atoms with van der Waals surface area (Å²) >= 11 is 12.5. The number of carbonyl (C=O) groups is 4. The summed E-state index contributed by atoms with van der Waals surface area (Å²) in [6.45, 7) is 3.82. The third-order valence-corrected chi connectivity index (χ3v) is 11.2. The molecule has 3 heterocycles. The highest BCUT2D eigenvalue weighted by Gasteiger charge is 2.70. The Morgan fingerprint density at radius 3 is 2.40 bits per heavy atom. The zero-order valence-corrected chi connectivity index (χ0v) is 28.3. The molecular weight excluding hydrogens is 696 g/mol. The minimum Gasteiger partial charge on any atom is -0.507 e. The van der Waals surface area contributed by atoms with Crippen molar-refractivity contribution in [3.63, 3.8) is 0 Å². The van der Waals surface area contributed by atoms with Crippen LogP contribution in [0.2, 0.25) is 10.0 Å². The van der Waals surface area contributed by atoms with Crippen molar-refractivity contribution >= 4 is 52.6 Å². The first-order valence-corrected chi connectivity index (χ1v) is 16.9. The lowest BCUT2D eigenvalue weighted by atomic mass is 9.49. The second kappa shape index (κ2) is 12.1. The number of pyridine rings is 1. The zero-order chi connectivity index (χ0) is 35.9. The number of alkyl halides is 3. The van der Waals surface area contributed by atoms with Crippen molar-refractivity contribution in [3.05, 3.63) is 98.7 Å². The monoisotopic (exact) mass is 726 g/mol. The third-order valence-electron chi connectivity index (χ3n) is 10.7. The fourth-order valence-electron chi connectivity index (χ4n) is 8.55. The number of aromatic hydroxyl groups is 1. The summed E-state index contributed by atoms with van der Waals surface area (Å²) < 4.78 is 40.2.